The normalized spacial score (nSPS) is 19.1. The monoisotopic (exact) mass is 393 g/mol. The number of pyridine rings is 1. The van der Waals surface area contributed by atoms with Crippen LogP contribution in [-0.2, 0) is 17.8 Å². The van der Waals surface area contributed by atoms with Gasteiger partial charge in [0.05, 0.1) is 12.8 Å². The van der Waals surface area contributed by atoms with Crippen molar-refractivity contribution in [1.29, 1.82) is 0 Å². The van der Waals surface area contributed by atoms with Crippen molar-refractivity contribution in [3.8, 4) is 5.75 Å². The van der Waals surface area contributed by atoms with Gasteiger partial charge in [-0.1, -0.05) is 30.3 Å². The summed E-state index contributed by atoms with van der Waals surface area (Å²) < 4.78 is 5.30. The molecule has 1 amide bonds. The van der Waals surface area contributed by atoms with E-state index in [0.717, 1.165) is 76.3 Å². The van der Waals surface area contributed by atoms with E-state index in [1.807, 2.05) is 24.4 Å². The molecule has 4 rings (SSSR count). The van der Waals surface area contributed by atoms with E-state index in [9.17, 15) is 4.79 Å². The van der Waals surface area contributed by atoms with Gasteiger partial charge in [0.15, 0.2) is 0 Å². The van der Waals surface area contributed by atoms with Gasteiger partial charge in [0.25, 0.3) is 0 Å². The minimum absolute atomic E-state index is 0.183. The van der Waals surface area contributed by atoms with Crippen LogP contribution in [0, 0.1) is 5.41 Å². The van der Waals surface area contributed by atoms with Crippen molar-refractivity contribution >= 4 is 5.91 Å². The average molecular weight is 394 g/mol. The summed E-state index contributed by atoms with van der Waals surface area (Å²) in [5.74, 6) is 1.21. The van der Waals surface area contributed by atoms with Gasteiger partial charge < -0.3 is 9.64 Å². The maximum atomic E-state index is 12.6. The number of aryl methyl sites for hydroxylation is 1. The molecule has 0 N–H and O–H groups in total. The number of rotatable bonds is 7. The fraction of sp³-hybridized carbons (Fsp3) is 0.500. The van der Waals surface area contributed by atoms with Gasteiger partial charge in [-0.15, -0.1) is 0 Å². The van der Waals surface area contributed by atoms with Gasteiger partial charge in [-0.3, -0.25) is 14.7 Å². The van der Waals surface area contributed by atoms with Gasteiger partial charge in [0, 0.05) is 38.3 Å². The van der Waals surface area contributed by atoms with Gasteiger partial charge in [0.1, 0.15) is 5.75 Å². The van der Waals surface area contributed by atoms with Crippen LogP contribution in [0.3, 0.4) is 0 Å². The molecule has 2 aromatic rings. The highest BCUT2D eigenvalue weighted by atomic mass is 16.5. The van der Waals surface area contributed by atoms with Gasteiger partial charge >= 0.3 is 0 Å². The third kappa shape index (κ3) is 4.96. The Bertz CT molecular complexity index is 816. The summed E-state index contributed by atoms with van der Waals surface area (Å²) in [7, 11) is 1.69. The smallest absolute Gasteiger partial charge is 0.223 e. The molecular formula is C24H31N3O2. The number of nitrogens with zero attached hydrogens (tertiary/aromatic N) is 3. The zero-order chi connectivity index (χ0) is 20.1. The quantitative estimate of drug-likeness (QED) is 0.722. The number of ether oxygens (including phenoxy) is 1. The summed E-state index contributed by atoms with van der Waals surface area (Å²) in [6.07, 6.45) is 6.81. The highest BCUT2D eigenvalue weighted by Gasteiger charge is 2.44. The zero-order valence-corrected chi connectivity index (χ0v) is 17.3. The van der Waals surface area contributed by atoms with Crippen molar-refractivity contribution in [3.63, 3.8) is 0 Å². The Balaban J connectivity index is 1.25. The molecule has 0 radical (unpaired) electrons. The van der Waals surface area contributed by atoms with Crippen LogP contribution in [0.4, 0.5) is 0 Å². The minimum atomic E-state index is 0.183. The lowest BCUT2D eigenvalue weighted by atomic mass is 9.77. The van der Waals surface area contributed by atoms with Crippen molar-refractivity contribution in [3.05, 3.63) is 59.9 Å². The van der Waals surface area contributed by atoms with Gasteiger partial charge in [-0.2, -0.15) is 0 Å². The first-order valence-electron chi connectivity index (χ1n) is 10.7. The number of piperidine rings is 1. The zero-order valence-electron chi connectivity index (χ0n) is 17.3. The predicted molar refractivity (Wildman–Crippen MR) is 114 cm³/mol. The number of carbonyl (C=O) groups is 1. The lowest BCUT2D eigenvalue weighted by Gasteiger charge is -2.38. The van der Waals surface area contributed by atoms with Gasteiger partial charge in [-0.05, 0) is 55.8 Å². The van der Waals surface area contributed by atoms with E-state index in [0.29, 0.717) is 5.91 Å². The summed E-state index contributed by atoms with van der Waals surface area (Å²) in [4.78, 5) is 21.7. The van der Waals surface area contributed by atoms with Crippen LogP contribution in [0.15, 0.2) is 48.7 Å². The van der Waals surface area contributed by atoms with Crippen LogP contribution in [0.2, 0.25) is 0 Å². The van der Waals surface area contributed by atoms with Crippen LogP contribution in [0.25, 0.3) is 0 Å². The summed E-state index contributed by atoms with van der Waals surface area (Å²) >= 11 is 0. The molecule has 0 unspecified atom stereocenters. The lowest BCUT2D eigenvalue weighted by Crippen LogP contribution is -2.41. The molecule has 0 saturated carbocycles. The number of hydrogen-bond donors (Lipinski definition) is 0. The molecule has 2 saturated heterocycles. The largest absolute Gasteiger partial charge is 0.497 e. The van der Waals surface area contributed by atoms with E-state index in [-0.39, 0.29) is 5.41 Å². The summed E-state index contributed by atoms with van der Waals surface area (Å²) in [6, 6.07) is 14.4. The number of benzene rings is 1. The van der Waals surface area contributed by atoms with Crippen molar-refractivity contribution < 1.29 is 9.53 Å². The topological polar surface area (TPSA) is 45.7 Å². The molecule has 5 heteroatoms. The van der Waals surface area contributed by atoms with E-state index in [4.69, 9.17) is 4.74 Å². The maximum Gasteiger partial charge on any atom is 0.223 e. The molecule has 2 fully saturated rings. The average Bonchev–Trinajstić information content (AvgIpc) is 3.06. The van der Waals surface area contributed by atoms with E-state index in [2.05, 4.69) is 39.0 Å². The Morgan fingerprint density at radius 3 is 2.69 bits per heavy atom. The number of hydrogen-bond acceptors (Lipinski definition) is 4. The fourth-order valence-corrected chi connectivity index (χ4v) is 4.72. The number of likely N-dealkylation sites (tertiary alicyclic amines) is 2. The Kier molecular flexibility index (Phi) is 6.14. The summed E-state index contributed by atoms with van der Waals surface area (Å²) in [5.41, 5.74) is 2.58. The summed E-state index contributed by atoms with van der Waals surface area (Å²) in [5, 5.41) is 0. The molecule has 0 atom stereocenters. The number of methoxy groups -OCH3 is 1. The van der Waals surface area contributed by atoms with Crippen LogP contribution in [0.1, 0.15) is 36.9 Å². The second-order valence-electron chi connectivity index (χ2n) is 8.54. The number of amides is 1. The van der Waals surface area contributed by atoms with E-state index >= 15 is 0 Å². The first-order chi connectivity index (χ1) is 14.2. The predicted octanol–water partition coefficient (Wildman–Crippen LogP) is 3.54. The SMILES string of the molecule is COc1ccnc(CN2CCC3(CC2)CC(=O)N(CCCc2ccccc2)C3)c1. The molecule has 1 spiro atoms. The van der Waals surface area contributed by atoms with E-state index in [1.54, 1.807) is 7.11 Å². The Morgan fingerprint density at radius 1 is 1.14 bits per heavy atom. The molecule has 3 heterocycles. The van der Waals surface area contributed by atoms with Crippen molar-refractivity contribution in [2.45, 2.75) is 38.6 Å². The molecule has 1 aromatic carbocycles. The molecule has 1 aromatic heterocycles. The lowest BCUT2D eigenvalue weighted by molar-refractivity contribution is -0.127. The van der Waals surface area contributed by atoms with Crippen LogP contribution < -0.4 is 4.74 Å². The van der Waals surface area contributed by atoms with E-state index < -0.39 is 0 Å². The molecule has 5 nitrogen and oxygen atoms in total. The first kappa shape index (κ1) is 19.9. The van der Waals surface area contributed by atoms with Gasteiger partial charge in [-0.25, -0.2) is 0 Å². The Hall–Kier alpha value is -2.40. The van der Waals surface area contributed by atoms with Crippen LogP contribution >= 0.6 is 0 Å². The fourth-order valence-electron chi connectivity index (χ4n) is 4.72. The Labute approximate surface area is 173 Å². The summed E-state index contributed by atoms with van der Waals surface area (Å²) in [6.45, 7) is 4.73. The second-order valence-corrected chi connectivity index (χ2v) is 8.54. The van der Waals surface area contributed by atoms with Crippen LogP contribution in [-0.4, -0.2) is 54.0 Å². The molecule has 2 aliphatic heterocycles. The Morgan fingerprint density at radius 2 is 1.93 bits per heavy atom. The third-order valence-corrected chi connectivity index (χ3v) is 6.47. The van der Waals surface area contributed by atoms with Crippen molar-refractivity contribution in [2.24, 2.45) is 5.41 Å². The third-order valence-electron chi connectivity index (χ3n) is 6.47. The molecule has 29 heavy (non-hydrogen) atoms. The number of carbonyl (C=O) groups excluding carboxylic acids is 1. The highest BCUT2D eigenvalue weighted by molar-refractivity contribution is 5.79. The van der Waals surface area contributed by atoms with E-state index in [1.165, 1.54) is 5.56 Å². The standard InChI is InChI=1S/C24H31N3O2/c1-29-22-9-12-25-21(16-22)18-26-14-10-24(11-15-26)17-23(28)27(19-24)13-5-8-20-6-3-2-4-7-20/h2-4,6-7,9,12,16H,5,8,10-11,13-15,17-19H2,1H3. The number of aromatic nitrogens is 1. The minimum Gasteiger partial charge on any atom is -0.497 e. The molecule has 2 aliphatic rings. The maximum absolute atomic E-state index is 12.6. The highest BCUT2D eigenvalue weighted by Crippen LogP contribution is 2.41. The molecular weight excluding hydrogens is 362 g/mol. The second kappa shape index (κ2) is 8.95. The van der Waals surface area contributed by atoms with Crippen LogP contribution in [0.5, 0.6) is 5.75 Å². The molecule has 0 bridgehead atoms. The first-order valence-corrected chi connectivity index (χ1v) is 10.7. The molecule has 154 valence electrons. The van der Waals surface area contributed by atoms with Gasteiger partial charge in [0.2, 0.25) is 5.91 Å². The van der Waals surface area contributed by atoms with Crippen molar-refractivity contribution in [1.82, 2.24) is 14.8 Å². The van der Waals surface area contributed by atoms with Crippen molar-refractivity contribution in [2.75, 3.05) is 33.3 Å². The molecule has 0 aliphatic carbocycles.